The van der Waals surface area contributed by atoms with Crippen LogP contribution in [-0.4, -0.2) is 42.1 Å². The lowest BCUT2D eigenvalue weighted by atomic mass is 10.1. The number of oxime groups is 1. The second-order valence-corrected chi connectivity index (χ2v) is 7.30. The van der Waals surface area contributed by atoms with Crippen LogP contribution in [0.15, 0.2) is 29.4 Å². The number of carbonyl (C=O) groups is 2. The molecule has 0 aliphatic heterocycles. The molecule has 6 heteroatoms. The van der Waals surface area contributed by atoms with Gasteiger partial charge >= 0.3 is 0 Å². The first kappa shape index (κ1) is 21.7. The number of amides is 2. The fourth-order valence-corrected chi connectivity index (χ4v) is 2.49. The minimum absolute atomic E-state index is 0.0510. The van der Waals surface area contributed by atoms with Gasteiger partial charge in [-0.1, -0.05) is 45.0 Å². The standard InChI is InChI=1S/C20H31N3O3/c1-14(2)11-23(12-15(3)4)20(25)13-26-22-16(5)18-7-9-19(10-8-18)21-17(6)24/h7-10,14-15H,11-13H2,1-6H3,(H,21,24)/b22-16+. The molecular formula is C20H31N3O3. The van der Waals surface area contributed by atoms with Gasteiger partial charge in [-0.15, -0.1) is 0 Å². The first-order valence-corrected chi connectivity index (χ1v) is 9.01. The van der Waals surface area contributed by atoms with Crippen molar-refractivity contribution in [3.63, 3.8) is 0 Å². The van der Waals surface area contributed by atoms with Crippen LogP contribution in [0.1, 0.15) is 47.1 Å². The van der Waals surface area contributed by atoms with Gasteiger partial charge in [0, 0.05) is 25.7 Å². The largest absolute Gasteiger partial charge is 0.385 e. The maximum atomic E-state index is 12.4. The van der Waals surface area contributed by atoms with Gasteiger partial charge in [-0.2, -0.15) is 0 Å². The average Bonchev–Trinajstić information content (AvgIpc) is 2.53. The van der Waals surface area contributed by atoms with Gasteiger partial charge in [-0.05, 0) is 36.5 Å². The summed E-state index contributed by atoms with van der Waals surface area (Å²) >= 11 is 0. The molecule has 0 atom stereocenters. The smallest absolute Gasteiger partial charge is 0.263 e. The van der Waals surface area contributed by atoms with Crippen molar-refractivity contribution in [1.29, 1.82) is 0 Å². The van der Waals surface area contributed by atoms with E-state index in [1.807, 2.05) is 24.0 Å². The van der Waals surface area contributed by atoms with Crippen LogP contribution >= 0.6 is 0 Å². The SMILES string of the molecule is CC(=O)Nc1ccc(/C(C)=N/OCC(=O)N(CC(C)C)CC(C)C)cc1. The Hall–Kier alpha value is -2.37. The van der Waals surface area contributed by atoms with Gasteiger partial charge in [0.15, 0.2) is 6.61 Å². The van der Waals surface area contributed by atoms with Crippen LogP contribution in [0.5, 0.6) is 0 Å². The van der Waals surface area contributed by atoms with Crippen LogP contribution in [0, 0.1) is 11.8 Å². The Morgan fingerprint density at radius 2 is 1.58 bits per heavy atom. The molecule has 0 aliphatic rings. The molecule has 0 spiro atoms. The summed E-state index contributed by atoms with van der Waals surface area (Å²) < 4.78 is 0. The highest BCUT2D eigenvalue weighted by molar-refractivity contribution is 5.99. The molecule has 2 amide bonds. The van der Waals surface area contributed by atoms with Gasteiger partial charge in [0.05, 0.1) is 5.71 Å². The van der Waals surface area contributed by atoms with Crippen molar-refractivity contribution in [2.24, 2.45) is 17.0 Å². The zero-order valence-corrected chi connectivity index (χ0v) is 16.7. The molecule has 0 aliphatic carbocycles. The number of hydrogen-bond donors (Lipinski definition) is 1. The fraction of sp³-hybridized carbons (Fsp3) is 0.550. The van der Waals surface area contributed by atoms with Crippen molar-refractivity contribution >= 4 is 23.2 Å². The first-order chi connectivity index (χ1) is 12.2. The molecule has 0 heterocycles. The lowest BCUT2D eigenvalue weighted by molar-refractivity contribution is -0.137. The normalized spacial score (nSPS) is 11.6. The maximum Gasteiger partial charge on any atom is 0.263 e. The third-order valence-electron chi connectivity index (χ3n) is 3.54. The minimum Gasteiger partial charge on any atom is -0.385 e. The maximum absolute atomic E-state index is 12.4. The number of benzene rings is 1. The summed E-state index contributed by atoms with van der Waals surface area (Å²) in [5.41, 5.74) is 2.27. The van der Waals surface area contributed by atoms with Crippen molar-refractivity contribution in [3.05, 3.63) is 29.8 Å². The number of rotatable bonds is 9. The van der Waals surface area contributed by atoms with Crippen molar-refractivity contribution in [2.45, 2.75) is 41.5 Å². The van der Waals surface area contributed by atoms with Crippen molar-refractivity contribution < 1.29 is 14.4 Å². The molecule has 1 aromatic rings. The monoisotopic (exact) mass is 361 g/mol. The highest BCUT2D eigenvalue weighted by Gasteiger charge is 2.16. The quantitative estimate of drug-likeness (QED) is 0.540. The second-order valence-electron chi connectivity index (χ2n) is 7.30. The summed E-state index contributed by atoms with van der Waals surface area (Å²) in [7, 11) is 0. The summed E-state index contributed by atoms with van der Waals surface area (Å²) in [6, 6.07) is 7.29. The Bertz CT molecular complexity index is 612. The molecule has 1 aromatic carbocycles. The Morgan fingerprint density at radius 1 is 1.04 bits per heavy atom. The van der Waals surface area contributed by atoms with Gasteiger partial charge in [0.25, 0.3) is 5.91 Å². The third kappa shape index (κ3) is 8.14. The van der Waals surface area contributed by atoms with E-state index in [9.17, 15) is 9.59 Å². The lowest BCUT2D eigenvalue weighted by Gasteiger charge is -2.25. The van der Waals surface area contributed by atoms with Gasteiger partial charge in [-0.3, -0.25) is 9.59 Å². The topological polar surface area (TPSA) is 71.0 Å². The van der Waals surface area contributed by atoms with Crippen LogP contribution in [0.2, 0.25) is 0 Å². The third-order valence-corrected chi connectivity index (χ3v) is 3.54. The molecule has 1 N–H and O–H groups in total. The molecular weight excluding hydrogens is 330 g/mol. The Kier molecular flexibility index (Phi) is 8.82. The molecule has 0 saturated heterocycles. The van der Waals surface area contributed by atoms with Crippen LogP contribution in [0.4, 0.5) is 5.69 Å². The zero-order valence-electron chi connectivity index (χ0n) is 16.7. The van der Waals surface area contributed by atoms with E-state index in [2.05, 4.69) is 38.2 Å². The molecule has 0 saturated carbocycles. The number of anilines is 1. The van der Waals surface area contributed by atoms with E-state index in [0.717, 1.165) is 11.3 Å². The Labute approximate surface area is 156 Å². The highest BCUT2D eigenvalue weighted by atomic mass is 16.6. The summed E-state index contributed by atoms with van der Waals surface area (Å²) in [4.78, 5) is 30.5. The number of hydrogen-bond acceptors (Lipinski definition) is 4. The molecule has 0 fully saturated rings. The predicted molar refractivity (Wildman–Crippen MR) is 105 cm³/mol. The van der Waals surface area contributed by atoms with E-state index >= 15 is 0 Å². The molecule has 0 aromatic heterocycles. The van der Waals surface area contributed by atoms with Crippen molar-refractivity contribution in [2.75, 3.05) is 25.0 Å². The van der Waals surface area contributed by atoms with Gasteiger partial charge in [0.1, 0.15) is 0 Å². The average molecular weight is 361 g/mol. The first-order valence-electron chi connectivity index (χ1n) is 9.01. The van der Waals surface area contributed by atoms with Gasteiger partial charge in [-0.25, -0.2) is 0 Å². The van der Waals surface area contributed by atoms with Crippen LogP contribution in [0.3, 0.4) is 0 Å². The molecule has 0 unspecified atom stereocenters. The van der Waals surface area contributed by atoms with E-state index in [1.165, 1.54) is 6.92 Å². The van der Waals surface area contributed by atoms with Crippen LogP contribution < -0.4 is 5.32 Å². The van der Waals surface area contributed by atoms with E-state index in [-0.39, 0.29) is 18.4 Å². The molecule has 0 bridgehead atoms. The summed E-state index contributed by atoms with van der Waals surface area (Å²) in [5, 5.41) is 6.76. The number of nitrogens with zero attached hydrogens (tertiary/aromatic N) is 2. The highest BCUT2D eigenvalue weighted by Crippen LogP contribution is 2.11. The summed E-state index contributed by atoms with van der Waals surface area (Å²) in [5.74, 6) is 0.650. The Balaban J connectivity index is 2.62. The molecule has 0 radical (unpaired) electrons. The predicted octanol–water partition coefficient (Wildman–Crippen LogP) is 3.53. The molecule has 26 heavy (non-hydrogen) atoms. The molecule has 144 valence electrons. The van der Waals surface area contributed by atoms with E-state index in [0.29, 0.717) is 30.6 Å². The van der Waals surface area contributed by atoms with Crippen LogP contribution in [-0.2, 0) is 14.4 Å². The van der Waals surface area contributed by atoms with Crippen molar-refractivity contribution in [3.8, 4) is 0 Å². The van der Waals surface area contributed by atoms with Crippen molar-refractivity contribution in [1.82, 2.24) is 4.90 Å². The minimum atomic E-state index is -0.114. The lowest BCUT2D eigenvalue weighted by Crippen LogP contribution is -2.39. The van der Waals surface area contributed by atoms with Gasteiger partial charge in [0.2, 0.25) is 5.91 Å². The number of nitrogens with one attached hydrogen (secondary N) is 1. The molecule has 1 rings (SSSR count). The zero-order chi connectivity index (χ0) is 19.7. The van der Waals surface area contributed by atoms with Crippen LogP contribution in [0.25, 0.3) is 0 Å². The van der Waals surface area contributed by atoms with E-state index in [1.54, 1.807) is 12.1 Å². The fourth-order valence-electron chi connectivity index (χ4n) is 2.49. The number of carbonyl (C=O) groups excluding carboxylic acids is 2. The van der Waals surface area contributed by atoms with E-state index < -0.39 is 0 Å². The second kappa shape index (κ2) is 10.6. The summed E-state index contributed by atoms with van der Waals surface area (Å²) in [6.45, 7) is 13.0. The Morgan fingerprint density at radius 3 is 2.04 bits per heavy atom. The molecule has 6 nitrogen and oxygen atoms in total. The summed E-state index contributed by atoms with van der Waals surface area (Å²) in [6.07, 6.45) is 0. The van der Waals surface area contributed by atoms with E-state index in [4.69, 9.17) is 4.84 Å². The van der Waals surface area contributed by atoms with Gasteiger partial charge < -0.3 is 15.1 Å².